The quantitative estimate of drug-likeness (QED) is 0.115. The van der Waals surface area contributed by atoms with Gasteiger partial charge in [0.05, 0.1) is 0 Å². The van der Waals surface area contributed by atoms with E-state index in [0.717, 1.165) is 12.8 Å². The van der Waals surface area contributed by atoms with Gasteiger partial charge in [0.2, 0.25) is 0 Å². The van der Waals surface area contributed by atoms with Crippen molar-refractivity contribution in [3.05, 3.63) is 202 Å². The molecule has 2 aliphatic rings. The first-order valence-corrected chi connectivity index (χ1v) is 26.8. The third-order valence-corrected chi connectivity index (χ3v) is 21.5. The average molecular weight is 864 g/mol. The molecule has 0 bridgehead atoms. The van der Waals surface area contributed by atoms with Gasteiger partial charge in [-0.1, -0.05) is 0 Å². The molecule has 0 saturated carbocycles. The van der Waals surface area contributed by atoms with Gasteiger partial charge in [-0.3, -0.25) is 0 Å². The number of benzene rings is 6. The second-order valence-electron chi connectivity index (χ2n) is 19.4. The zero-order valence-corrected chi connectivity index (χ0v) is 39.9. The van der Waals surface area contributed by atoms with Gasteiger partial charge in [-0.25, -0.2) is 0 Å². The number of allylic oxidation sites excluding steroid dienone is 4. The molecule has 6 aromatic rings. The Morgan fingerprint density at radius 2 is 0.883 bits per heavy atom. The predicted octanol–water partition coefficient (Wildman–Crippen LogP) is 16.2. The number of hydrogen-bond donors (Lipinski definition) is 0. The first-order valence-electron chi connectivity index (χ1n) is 22.7. The SMILES string of the molecule is CCCCc1ccc([C](c2ccc(CCCC)cc2)=[Zr]([CH]2C=CC=C2)[CH]2c3cc(-c4ccccc4)c(C(C)(C)C)cc3-c3cc(C(C)(C)C)c(-c4ccccc4)cc32)cc1. The third-order valence-electron chi connectivity index (χ3n) is 12.9. The number of aryl methyl sites for hydroxylation is 2. The monoisotopic (exact) mass is 862 g/mol. The predicted molar refractivity (Wildman–Crippen MR) is 257 cm³/mol. The molecule has 6 aromatic carbocycles. The Balaban J connectivity index is 1.50. The van der Waals surface area contributed by atoms with Gasteiger partial charge in [0, 0.05) is 0 Å². The molecule has 1 heteroatoms. The summed E-state index contributed by atoms with van der Waals surface area (Å²) in [6.45, 7) is 18.9. The van der Waals surface area contributed by atoms with Crippen LogP contribution in [0.4, 0.5) is 0 Å². The van der Waals surface area contributed by atoms with E-state index in [1.54, 1.807) is 3.21 Å². The van der Waals surface area contributed by atoms with E-state index in [4.69, 9.17) is 0 Å². The maximum atomic E-state index is 2.66. The second-order valence-corrected chi connectivity index (χ2v) is 25.9. The summed E-state index contributed by atoms with van der Waals surface area (Å²) in [7, 11) is 0. The summed E-state index contributed by atoms with van der Waals surface area (Å²) >= 11 is -2.97. The van der Waals surface area contributed by atoms with Crippen molar-refractivity contribution in [1.29, 1.82) is 0 Å². The standard InChI is InChI=1S/C33H33.C21H26.C5H5.Zr/c1-32(2,3)30-20-26-24(18-28(30)22-13-9-7-10-14-22)17-25-19-29(23-15-11-8-12-16-23)31(21-27(25)26)33(4,5)6;1-3-5-7-18-9-13-20(14-10-18)17-21-15-11-19(12-16-21)8-6-4-2;1-2-4-5-3-1;/h7-21H,1-6H3;9-16H,3-8H2,1-2H3;1-5H;. The van der Waals surface area contributed by atoms with E-state index in [1.807, 2.05) is 0 Å². The Hall–Kier alpha value is -4.45. The molecular formula is C59H64Zr. The van der Waals surface area contributed by atoms with Crippen LogP contribution in [0.2, 0.25) is 3.63 Å². The van der Waals surface area contributed by atoms with Crippen molar-refractivity contribution >= 4 is 3.21 Å². The molecule has 0 fully saturated rings. The van der Waals surface area contributed by atoms with Gasteiger partial charge in [0.1, 0.15) is 0 Å². The van der Waals surface area contributed by atoms with E-state index in [2.05, 4.69) is 213 Å². The summed E-state index contributed by atoms with van der Waals surface area (Å²) in [5.41, 5.74) is 19.8. The van der Waals surface area contributed by atoms with Crippen LogP contribution in [0, 0.1) is 0 Å². The summed E-state index contributed by atoms with van der Waals surface area (Å²) in [5, 5.41) is 0. The molecule has 60 heavy (non-hydrogen) atoms. The minimum atomic E-state index is -2.97. The van der Waals surface area contributed by atoms with Crippen molar-refractivity contribution in [3.63, 3.8) is 0 Å². The Kier molecular flexibility index (Phi) is 12.6. The first-order chi connectivity index (χ1) is 29.0. The van der Waals surface area contributed by atoms with Gasteiger partial charge in [-0.05, 0) is 0 Å². The molecule has 0 nitrogen and oxygen atoms in total. The molecule has 2 aliphatic carbocycles. The van der Waals surface area contributed by atoms with Crippen LogP contribution >= 0.6 is 0 Å². The fraction of sp³-hybridized carbons (Fsp3) is 0.305. The molecule has 0 heterocycles. The fourth-order valence-corrected chi connectivity index (χ4v) is 19.0. The third kappa shape index (κ3) is 8.68. The number of rotatable bonds is 12. The molecule has 0 aliphatic heterocycles. The van der Waals surface area contributed by atoms with Crippen molar-refractivity contribution < 1.29 is 21.3 Å². The van der Waals surface area contributed by atoms with Crippen LogP contribution in [0.3, 0.4) is 0 Å². The van der Waals surface area contributed by atoms with Crippen LogP contribution in [0.15, 0.2) is 158 Å². The number of hydrogen-bond acceptors (Lipinski definition) is 0. The van der Waals surface area contributed by atoms with Crippen LogP contribution in [-0.4, -0.2) is 3.21 Å². The maximum absolute atomic E-state index is 2.97. The van der Waals surface area contributed by atoms with Gasteiger partial charge in [-0.2, -0.15) is 0 Å². The molecule has 8 rings (SSSR count). The van der Waals surface area contributed by atoms with E-state index >= 15 is 0 Å². The Morgan fingerprint density at radius 1 is 0.483 bits per heavy atom. The summed E-state index contributed by atoms with van der Waals surface area (Å²) in [4.78, 5) is 0. The minimum absolute atomic E-state index is 0.0376. The van der Waals surface area contributed by atoms with Gasteiger partial charge in [-0.15, -0.1) is 0 Å². The molecule has 0 N–H and O–H groups in total. The van der Waals surface area contributed by atoms with Crippen LogP contribution in [0.1, 0.15) is 129 Å². The summed E-state index contributed by atoms with van der Waals surface area (Å²) < 4.78 is 2.35. The molecule has 0 atom stereocenters. The van der Waals surface area contributed by atoms with Crippen molar-refractivity contribution in [3.8, 4) is 33.4 Å². The van der Waals surface area contributed by atoms with E-state index < -0.39 is 21.3 Å². The Bertz CT molecular complexity index is 2360. The second kappa shape index (κ2) is 17.9. The van der Waals surface area contributed by atoms with Gasteiger partial charge in [0.25, 0.3) is 0 Å². The summed E-state index contributed by atoms with van der Waals surface area (Å²) in [5.74, 6) is 0. The molecule has 0 radical (unpaired) electrons. The van der Waals surface area contributed by atoms with Gasteiger partial charge < -0.3 is 0 Å². The van der Waals surface area contributed by atoms with E-state index in [-0.39, 0.29) is 10.8 Å². The van der Waals surface area contributed by atoms with Crippen LogP contribution in [0.5, 0.6) is 0 Å². The zero-order valence-electron chi connectivity index (χ0n) is 37.4. The van der Waals surface area contributed by atoms with Crippen LogP contribution in [-0.2, 0) is 44.9 Å². The van der Waals surface area contributed by atoms with Gasteiger partial charge >= 0.3 is 372 Å². The summed E-state index contributed by atoms with van der Waals surface area (Å²) in [6, 6.07) is 52.7. The Labute approximate surface area is 369 Å². The van der Waals surface area contributed by atoms with Gasteiger partial charge in [0.15, 0.2) is 0 Å². The van der Waals surface area contributed by atoms with Crippen molar-refractivity contribution in [2.24, 2.45) is 0 Å². The topological polar surface area (TPSA) is 0 Å². The fourth-order valence-electron chi connectivity index (χ4n) is 9.71. The van der Waals surface area contributed by atoms with Crippen molar-refractivity contribution in [1.82, 2.24) is 0 Å². The molecule has 0 unspecified atom stereocenters. The van der Waals surface area contributed by atoms with Crippen molar-refractivity contribution in [2.75, 3.05) is 0 Å². The normalized spacial score (nSPS) is 13.8. The molecule has 0 spiro atoms. The molecule has 0 amide bonds. The Morgan fingerprint density at radius 3 is 1.25 bits per heavy atom. The molecule has 0 saturated heterocycles. The summed E-state index contributed by atoms with van der Waals surface area (Å²) in [6.07, 6.45) is 16.9. The average Bonchev–Trinajstić information content (AvgIpc) is 3.90. The van der Waals surface area contributed by atoms with Crippen LogP contribution < -0.4 is 0 Å². The van der Waals surface area contributed by atoms with E-state index in [9.17, 15) is 0 Å². The van der Waals surface area contributed by atoms with E-state index in [0.29, 0.717) is 7.25 Å². The molecule has 0 aromatic heterocycles. The number of fused-ring (bicyclic) bond motifs is 3. The first kappa shape index (κ1) is 42.3. The molecular weight excluding hydrogens is 800 g/mol. The zero-order chi connectivity index (χ0) is 42.0. The number of unbranched alkanes of at least 4 members (excludes halogenated alkanes) is 2. The van der Waals surface area contributed by atoms with Crippen molar-refractivity contribution in [2.45, 2.75) is 112 Å². The molecule has 304 valence electrons. The van der Waals surface area contributed by atoms with Crippen LogP contribution in [0.25, 0.3) is 33.4 Å². The van der Waals surface area contributed by atoms with E-state index in [1.165, 1.54) is 104 Å².